The Morgan fingerprint density at radius 3 is 2.78 bits per heavy atom. The summed E-state index contributed by atoms with van der Waals surface area (Å²) in [5.41, 5.74) is 1.88. The Morgan fingerprint density at radius 2 is 2.00 bits per heavy atom. The molecule has 1 fully saturated rings. The van der Waals surface area contributed by atoms with E-state index in [4.69, 9.17) is 14.1 Å². The molecular weight excluding hydrogens is 407 g/mol. The number of rotatable bonds is 10. The van der Waals surface area contributed by atoms with E-state index in [9.17, 15) is 4.79 Å². The van der Waals surface area contributed by atoms with Crippen molar-refractivity contribution in [2.24, 2.45) is 5.92 Å². The summed E-state index contributed by atoms with van der Waals surface area (Å²) < 4.78 is 16.1. The van der Waals surface area contributed by atoms with Crippen LogP contribution in [0.4, 0.5) is 0 Å². The molecule has 1 aromatic heterocycles. The Balaban J connectivity index is 1.36. The molecule has 169 valence electrons. The van der Waals surface area contributed by atoms with Crippen LogP contribution in [0.25, 0.3) is 0 Å². The van der Waals surface area contributed by atoms with Crippen LogP contribution in [0, 0.1) is 5.92 Å². The van der Waals surface area contributed by atoms with Crippen LogP contribution in [-0.2, 0) is 16.0 Å². The summed E-state index contributed by atoms with van der Waals surface area (Å²) in [6.07, 6.45) is 6.74. The SMILES string of the molecule is CO[B]N1CCC(CCNC(C(=O)NCc2ccncc2)c2ccc3c(c2)OCO3)CC1. The van der Waals surface area contributed by atoms with Gasteiger partial charge in [0.25, 0.3) is 0 Å². The van der Waals surface area contributed by atoms with E-state index >= 15 is 0 Å². The summed E-state index contributed by atoms with van der Waals surface area (Å²) in [7, 11) is 3.49. The molecule has 2 aliphatic rings. The second-order valence-electron chi connectivity index (χ2n) is 8.18. The minimum atomic E-state index is -0.465. The molecule has 0 aliphatic carbocycles. The molecule has 8 nitrogen and oxygen atoms in total. The Kier molecular flexibility index (Phi) is 7.98. The van der Waals surface area contributed by atoms with E-state index in [1.54, 1.807) is 27.1 Å². The van der Waals surface area contributed by atoms with Gasteiger partial charge in [-0.3, -0.25) is 9.78 Å². The first-order valence-corrected chi connectivity index (χ1v) is 11.1. The fourth-order valence-corrected chi connectivity index (χ4v) is 4.17. The number of aromatic nitrogens is 1. The molecule has 2 aliphatic heterocycles. The molecular formula is C23H30BN4O4. The number of ether oxygens (including phenoxy) is 2. The number of nitrogens with zero attached hydrogens (tertiary/aromatic N) is 2. The molecule has 2 N–H and O–H groups in total. The molecule has 0 bridgehead atoms. The van der Waals surface area contributed by atoms with Gasteiger partial charge in [0.1, 0.15) is 6.04 Å². The Hall–Kier alpha value is -2.62. The van der Waals surface area contributed by atoms with Crippen LogP contribution in [0.2, 0.25) is 0 Å². The third kappa shape index (κ3) is 6.00. The highest BCUT2D eigenvalue weighted by Crippen LogP contribution is 2.34. The lowest BCUT2D eigenvalue weighted by molar-refractivity contribution is -0.123. The van der Waals surface area contributed by atoms with Crippen molar-refractivity contribution in [2.75, 3.05) is 33.5 Å². The van der Waals surface area contributed by atoms with E-state index in [1.165, 1.54) is 0 Å². The van der Waals surface area contributed by atoms with E-state index in [0.717, 1.165) is 50.0 Å². The lowest BCUT2D eigenvalue weighted by Gasteiger charge is -2.31. The molecule has 0 saturated carbocycles. The highest BCUT2D eigenvalue weighted by Gasteiger charge is 2.25. The quantitative estimate of drug-likeness (QED) is 0.551. The zero-order chi connectivity index (χ0) is 22.2. The van der Waals surface area contributed by atoms with Crippen molar-refractivity contribution in [3.63, 3.8) is 0 Å². The molecule has 1 amide bonds. The van der Waals surface area contributed by atoms with E-state index in [0.29, 0.717) is 24.0 Å². The Bertz CT molecular complexity index is 878. The Morgan fingerprint density at radius 1 is 1.22 bits per heavy atom. The minimum absolute atomic E-state index is 0.0646. The number of carbonyl (C=O) groups is 1. The molecule has 32 heavy (non-hydrogen) atoms. The number of carbonyl (C=O) groups excluding carboxylic acids is 1. The maximum Gasteiger partial charge on any atom is 0.398 e. The first kappa shape index (κ1) is 22.6. The normalized spacial score (nSPS) is 17.2. The summed E-state index contributed by atoms with van der Waals surface area (Å²) in [5.74, 6) is 1.97. The van der Waals surface area contributed by atoms with Crippen molar-refractivity contribution in [1.82, 2.24) is 20.4 Å². The fraction of sp³-hybridized carbons (Fsp3) is 0.478. The van der Waals surface area contributed by atoms with Gasteiger partial charge >= 0.3 is 7.62 Å². The Labute approximate surface area is 189 Å². The molecule has 1 unspecified atom stereocenters. The van der Waals surface area contributed by atoms with Gasteiger partial charge in [0.15, 0.2) is 11.5 Å². The first-order valence-electron chi connectivity index (χ1n) is 11.1. The van der Waals surface area contributed by atoms with Crippen molar-refractivity contribution in [3.8, 4) is 11.5 Å². The number of fused-ring (bicyclic) bond motifs is 1. The lowest BCUT2D eigenvalue weighted by Crippen LogP contribution is -2.40. The number of hydrogen-bond donors (Lipinski definition) is 2. The zero-order valence-electron chi connectivity index (χ0n) is 18.5. The van der Waals surface area contributed by atoms with Gasteiger partial charge in [-0.25, -0.2) is 0 Å². The molecule has 9 heteroatoms. The van der Waals surface area contributed by atoms with Gasteiger partial charge in [0.05, 0.1) is 0 Å². The molecule has 3 heterocycles. The highest BCUT2D eigenvalue weighted by molar-refractivity contribution is 6.23. The van der Waals surface area contributed by atoms with Crippen LogP contribution in [0.3, 0.4) is 0 Å². The van der Waals surface area contributed by atoms with Crippen LogP contribution in [0.5, 0.6) is 11.5 Å². The van der Waals surface area contributed by atoms with Crippen LogP contribution in [0.15, 0.2) is 42.7 Å². The van der Waals surface area contributed by atoms with Gasteiger partial charge < -0.3 is 29.6 Å². The highest BCUT2D eigenvalue weighted by atomic mass is 16.7. The minimum Gasteiger partial charge on any atom is -0.454 e. The van der Waals surface area contributed by atoms with Crippen molar-refractivity contribution >= 4 is 13.5 Å². The summed E-state index contributed by atoms with van der Waals surface area (Å²) in [5, 5.41) is 6.53. The average Bonchev–Trinajstić information content (AvgIpc) is 3.30. The average molecular weight is 437 g/mol. The summed E-state index contributed by atoms with van der Waals surface area (Å²) >= 11 is 0. The molecule has 1 aromatic carbocycles. The largest absolute Gasteiger partial charge is 0.454 e. The number of benzene rings is 1. The van der Waals surface area contributed by atoms with Crippen molar-refractivity contribution in [2.45, 2.75) is 31.8 Å². The summed E-state index contributed by atoms with van der Waals surface area (Å²) in [6, 6.07) is 9.02. The van der Waals surface area contributed by atoms with Gasteiger partial charge in [-0.1, -0.05) is 6.07 Å². The summed E-state index contributed by atoms with van der Waals surface area (Å²) in [6.45, 7) is 3.45. The number of hydrogen-bond acceptors (Lipinski definition) is 7. The third-order valence-electron chi connectivity index (χ3n) is 6.01. The second kappa shape index (κ2) is 11.3. The van der Waals surface area contributed by atoms with E-state index in [2.05, 4.69) is 20.4 Å². The predicted octanol–water partition coefficient (Wildman–Crippen LogP) is 2.04. The maximum absolute atomic E-state index is 13.1. The van der Waals surface area contributed by atoms with Gasteiger partial charge in [-0.05, 0) is 80.2 Å². The van der Waals surface area contributed by atoms with Gasteiger partial charge in [0.2, 0.25) is 12.7 Å². The first-order chi connectivity index (χ1) is 15.7. The van der Waals surface area contributed by atoms with Gasteiger partial charge in [0, 0.05) is 26.0 Å². The molecule has 1 radical (unpaired) electrons. The standard InChI is InChI=1S/C23H30BN4O4/c1-30-24-28-12-7-17(8-13-28)6-11-26-22(19-2-3-20-21(14-19)32-16-31-20)23(29)27-15-18-4-9-25-10-5-18/h2-5,9-10,14,17,22,26H,6-8,11-13,15-16H2,1H3,(H,27,29). The number of piperidine rings is 1. The van der Waals surface area contributed by atoms with Crippen molar-refractivity contribution in [1.29, 1.82) is 0 Å². The van der Waals surface area contributed by atoms with Gasteiger partial charge in [-0.15, -0.1) is 0 Å². The molecule has 0 spiro atoms. The van der Waals surface area contributed by atoms with E-state index < -0.39 is 6.04 Å². The van der Waals surface area contributed by atoms with Crippen LogP contribution in [-0.4, -0.2) is 56.9 Å². The number of nitrogens with one attached hydrogen (secondary N) is 2. The second-order valence-corrected chi connectivity index (χ2v) is 8.18. The lowest BCUT2D eigenvalue weighted by atomic mass is 9.91. The van der Waals surface area contributed by atoms with Gasteiger partial charge in [-0.2, -0.15) is 0 Å². The van der Waals surface area contributed by atoms with Crippen molar-refractivity contribution < 1.29 is 18.9 Å². The zero-order valence-corrected chi connectivity index (χ0v) is 18.5. The topological polar surface area (TPSA) is 85.0 Å². The third-order valence-corrected chi connectivity index (χ3v) is 6.01. The molecule has 2 aromatic rings. The molecule has 1 saturated heterocycles. The smallest absolute Gasteiger partial charge is 0.398 e. The predicted molar refractivity (Wildman–Crippen MR) is 121 cm³/mol. The van der Waals surface area contributed by atoms with Crippen LogP contribution in [0.1, 0.15) is 36.4 Å². The molecule has 1 atom stereocenters. The van der Waals surface area contributed by atoms with E-state index in [1.807, 2.05) is 30.3 Å². The fourth-order valence-electron chi connectivity index (χ4n) is 4.17. The maximum atomic E-state index is 13.1. The monoisotopic (exact) mass is 437 g/mol. The van der Waals surface area contributed by atoms with Crippen LogP contribution >= 0.6 is 0 Å². The number of pyridine rings is 1. The number of amides is 1. The van der Waals surface area contributed by atoms with E-state index in [-0.39, 0.29) is 12.7 Å². The van der Waals surface area contributed by atoms with Crippen LogP contribution < -0.4 is 20.1 Å². The molecule has 4 rings (SSSR count). The van der Waals surface area contributed by atoms with Crippen molar-refractivity contribution in [3.05, 3.63) is 53.9 Å². The summed E-state index contributed by atoms with van der Waals surface area (Å²) in [4.78, 5) is 19.4.